The molecule has 4 nitrogen and oxygen atoms in total. The van der Waals surface area contributed by atoms with E-state index in [1.807, 2.05) is 0 Å². The molecule has 1 saturated carbocycles. The lowest BCUT2D eigenvalue weighted by molar-refractivity contribution is 0.308. The molecule has 1 aliphatic rings. The van der Waals surface area contributed by atoms with E-state index < -0.39 is 10.0 Å². The fourth-order valence-electron chi connectivity index (χ4n) is 2.39. The van der Waals surface area contributed by atoms with Crippen molar-refractivity contribution in [2.75, 3.05) is 6.54 Å². The number of hydrogen-bond donors (Lipinski definition) is 2. The van der Waals surface area contributed by atoms with Crippen LogP contribution in [0.1, 0.15) is 25.7 Å². The van der Waals surface area contributed by atoms with Crippen LogP contribution in [0, 0.1) is 5.92 Å². The van der Waals surface area contributed by atoms with Crippen molar-refractivity contribution < 1.29 is 8.42 Å². The third kappa shape index (κ3) is 3.31. The molecular formula is C13H20N2O2S. The summed E-state index contributed by atoms with van der Waals surface area (Å²) in [6.07, 6.45) is 4.31. The summed E-state index contributed by atoms with van der Waals surface area (Å²) < 4.78 is 26.7. The van der Waals surface area contributed by atoms with E-state index in [1.54, 1.807) is 30.3 Å². The second-order valence-corrected chi connectivity index (χ2v) is 6.64. The molecule has 18 heavy (non-hydrogen) atoms. The van der Waals surface area contributed by atoms with Crippen molar-refractivity contribution in [1.29, 1.82) is 0 Å². The number of nitrogens with two attached hydrogens (primary N) is 1. The van der Waals surface area contributed by atoms with Crippen LogP contribution in [-0.4, -0.2) is 21.0 Å². The maximum absolute atomic E-state index is 12.0. The lowest BCUT2D eigenvalue weighted by Gasteiger charge is -2.28. The smallest absolute Gasteiger partial charge is 0.240 e. The Morgan fingerprint density at radius 1 is 1.17 bits per heavy atom. The quantitative estimate of drug-likeness (QED) is 0.869. The van der Waals surface area contributed by atoms with E-state index >= 15 is 0 Å². The van der Waals surface area contributed by atoms with Gasteiger partial charge in [0.1, 0.15) is 0 Å². The van der Waals surface area contributed by atoms with Crippen LogP contribution >= 0.6 is 0 Å². The third-order valence-electron chi connectivity index (χ3n) is 3.56. The standard InChI is InChI=1S/C13H20N2O2S/c14-13-9-5-4-6-11(13)10-15-18(16,17)12-7-2-1-3-8-12/h1-3,7-8,11,13,15H,4-6,9-10,14H2. The lowest BCUT2D eigenvalue weighted by atomic mass is 9.85. The minimum Gasteiger partial charge on any atom is -0.327 e. The van der Waals surface area contributed by atoms with Gasteiger partial charge in [0.25, 0.3) is 0 Å². The normalized spacial score (nSPS) is 24.9. The highest BCUT2D eigenvalue weighted by molar-refractivity contribution is 7.89. The zero-order valence-electron chi connectivity index (χ0n) is 10.4. The molecule has 0 bridgehead atoms. The van der Waals surface area contributed by atoms with Crippen LogP contribution in [0.5, 0.6) is 0 Å². The minimum absolute atomic E-state index is 0.122. The van der Waals surface area contributed by atoms with Crippen LogP contribution in [-0.2, 0) is 10.0 Å². The van der Waals surface area contributed by atoms with Gasteiger partial charge in [-0.25, -0.2) is 13.1 Å². The largest absolute Gasteiger partial charge is 0.327 e. The number of rotatable bonds is 4. The summed E-state index contributed by atoms with van der Waals surface area (Å²) in [5.74, 6) is 0.261. The molecule has 0 radical (unpaired) electrons. The van der Waals surface area contributed by atoms with E-state index in [0.717, 1.165) is 25.7 Å². The Morgan fingerprint density at radius 3 is 2.50 bits per heavy atom. The fourth-order valence-corrected chi connectivity index (χ4v) is 3.51. The van der Waals surface area contributed by atoms with Crippen LogP contribution in [0.2, 0.25) is 0 Å². The van der Waals surface area contributed by atoms with E-state index in [1.165, 1.54) is 0 Å². The lowest BCUT2D eigenvalue weighted by Crippen LogP contribution is -2.41. The van der Waals surface area contributed by atoms with Crippen molar-refractivity contribution in [3.05, 3.63) is 30.3 Å². The van der Waals surface area contributed by atoms with Gasteiger partial charge < -0.3 is 5.73 Å². The molecule has 0 spiro atoms. The number of sulfonamides is 1. The van der Waals surface area contributed by atoms with Crippen LogP contribution in [0.15, 0.2) is 35.2 Å². The summed E-state index contributed by atoms with van der Waals surface area (Å²) in [4.78, 5) is 0.314. The zero-order chi connectivity index (χ0) is 13.0. The first kappa shape index (κ1) is 13.5. The van der Waals surface area contributed by atoms with E-state index in [4.69, 9.17) is 5.73 Å². The van der Waals surface area contributed by atoms with E-state index in [9.17, 15) is 8.42 Å². The molecule has 0 aromatic heterocycles. The second-order valence-electron chi connectivity index (χ2n) is 4.87. The Balaban J connectivity index is 1.97. The van der Waals surface area contributed by atoms with Gasteiger partial charge in [-0.3, -0.25) is 0 Å². The van der Waals surface area contributed by atoms with Crippen LogP contribution in [0.4, 0.5) is 0 Å². The molecule has 1 aromatic rings. The first-order chi connectivity index (χ1) is 8.59. The molecule has 0 aliphatic heterocycles. The van der Waals surface area contributed by atoms with Gasteiger partial charge in [-0.2, -0.15) is 0 Å². The van der Waals surface area contributed by atoms with Crippen LogP contribution in [0.3, 0.4) is 0 Å². The summed E-state index contributed by atoms with van der Waals surface area (Å²) >= 11 is 0. The topological polar surface area (TPSA) is 72.2 Å². The predicted molar refractivity (Wildman–Crippen MR) is 71.6 cm³/mol. The van der Waals surface area contributed by atoms with Crippen LogP contribution in [0.25, 0.3) is 0 Å². The Morgan fingerprint density at radius 2 is 1.83 bits per heavy atom. The van der Waals surface area contributed by atoms with Crippen molar-refractivity contribution >= 4 is 10.0 Å². The van der Waals surface area contributed by atoms with Crippen molar-refractivity contribution in [1.82, 2.24) is 4.72 Å². The summed E-state index contributed by atoms with van der Waals surface area (Å²) in [6, 6.07) is 8.57. The Bertz CT molecular complexity index is 473. The SMILES string of the molecule is NC1CCCCC1CNS(=O)(=O)c1ccccc1. The highest BCUT2D eigenvalue weighted by atomic mass is 32.2. The molecule has 0 saturated heterocycles. The molecule has 1 aliphatic carbocycles. The Kier molecular flexibility index (Phi) is 4.37. The number of hydrogen-bond acceptors (Lipinski definition) is 3. The molecule has 2 atom stereocenters. The first-order valence-corrected chi connectivity index (χ1v) is 7.88. The van der Waals surface area contributed by atoms with Gasteiger partial charge >= 0.3 is 0 Å². The second kappa shape index (κ2) is 5.82. The molecule has 2 rings (SSSR count). The van der Waals surface area contributed by atoms with Gasteiger partial charge in [-0.05, 0) is 30.9 Å². The van der Waals surface area contributed by atoms with E-state index in [-0.39, 0.29) is 12.0 Å². The molecule has 2 unspecified atom stereocenters. The maximum Gasteiger partial charge on any atom is 0.240 e. The molecule has 0 amide bonds. The predicted octanol–water partition coefficient (Wildman–Crippen LogP) is 1.48. The monoisotopic (exact) mass is 268 g/mol. The van der Waals surface area contributed by atoms with Crippen LogP contribution < -0.4 is 10.5 Å². The van der Waals surface area contributed by atoms with Gasteiger partial charge in [0.05, 0.1) is 4.90 Å². The number of benzene rings is 1. The maximum atomic E-state index is 12.0. The van der Waals surface area contributed by atoms with E-state index in [2.05, 4.69) is 4.72 Å². The highest BCUT2D eigenvalue weighted by Crippen LogP contribution is 2.22. The molecule has 3 N–H and O–H groups in total. The Labute approximate surface area is 109 Å². The molecule has 100 valence electrons. The van der Waals surface area contributed by atoms with Gasteiger partial charge in [0.15, 0.2) is 0 Å². The third-order valence-corrected chi connectivity index (χ3v) is 5.00. The van der Waals surface area contributed by atoms with Gasteiger partial charge in [0.2, 0.25) is 10.0 Å². The molecule has 1 fully saturated rings. The summed E-state index contributed by atoms with van der Waals surface area (Å²) in [5, 5.41) is 0. The van der Waals surface area contributed by atoms with Gasteiger partial charge in [-0.1, -0.05) is 31.0 Å². The molecule has 5 heteroatoms. The molecule has 1 aromatic carbocycles. The van der Waals surface area contributed by atoms with Crippen molar-refractivity contribution in [2.24, 2.45) is 11.7 Å². The number of nitrogens with one attached hydrogen (secondary N) is 1. The summed E-state index contributed by atoms with van der Waals surface area (Å²) in [5.41, 5.74) is 6.01. The molecular weight excluding hydrogens is 248 g/mol. The highest BCUT2D eigenvalue weighted by Gasteiger charge is 2.23. The van der Waals surface area contributed by atoms with Crippen molar-refractivity contribution in [3.8, 4) is 0 Å². The average Bonchev–Trinajstić information content (AvgIpc) is 2.39. The first-order valence-electron chi connectivity index (χ1n) is 6.40. The van der Waals surface area contributed by atoms with Gasteiger partial charge in [0, 0.05) is 12.6 Å². The summed E-state index contributed by atoms with van der Waals surface area (Å²) in [7, 11) is -3.39. The fraction of sp³-hybridized carbons (Fsp3) is 0.538. The zero-order valence-corrected chi connectivity index (χ0v) is 11.2. The minimum atomic E-state index is -3.39. The average molecular weight is 268 g/mol. The molecule has 0 heterocycles. The summed E-state index contributed by atoms with van der Waals surface area (Å²) in [6.45, 7) is 0.443. The Hall–Kier alpha value is -0.910. The van der Waals surface area contributed by atoms with Gasteiger partial charge in [-0.15, -0.1) is 0 Å². The van der Waals surface area contributed by atoms with Crippen molar-refractivity contribution in [3.63, 3.8) is 0 Å². The van der Waals surface area contributed by atoms with Crippen molar-refractivity contribution in [2.45, 2.75) is 36.6 Å². The van der Waals surface area contributed by atoms with E-state index in [0.29, 0.717) is 11.4 Å².